The van der Waals surface area contributed by atoms with Crippen LogP contribution < -0.4 is 5.32 Å². The first kappa shape index (κ1) is 14.4. The summed E-state index contributed by atoms with van der Waals surface area (Å²) in [6.07, 6.45) is 1.68. The summed E-state index contributed by atoms with van der Waals surface area (Å²) >= 11 is 1.39. The van der Waals surface area contributed by atoms with Gasteiger partial charge in [0, 0.05) is 11.9 Å². The lowest BCUT2D eigenvalue weighted by Crippen LogP contribution is -2.28. The van der Waals surface area contributed by atoms with Crippen LogP contribution in [0.25, 0.3) is 0 Å². The molecule has 0 aromatic carbocycles. The zero-order chi connectivity index (χ0) is 14.8. The Kier molecular flexibility index (Phi) is 4.03. The molecule has 2 rings (SSSR count). The first-order chi connectivity index (χ1) is 9.45. The number of anilines is 1. The molecule has 8 heteroatoms. The Labute approximate surface area is 120 Å². The number of nitrogens with zero attached hydrogens (tertiary/aromatic N) is 4. The fourth-order valence-electron chi connectivity index (χ4n) is 1.59. The molecule has 2 aromatic heterocycles. The first-order valence-corrected chi connectivity index (χ1v) is 7.13. The van der Waals surface area contributed by atoms with Crippen LogP contribution in [0.4, 0.5) is 5.13 Å². The molecule has 0 unspecified atom stereocenters. The molecule has 0 aliphatic rings. The SMILES string of the molecule is CCn1cnnc1CNc1nc(C(C)(C)C(=O)O)cs1. The third-order valence-corrected chi connectivity index (χ3v) is 3.91. The standard InChI is InChI=1S/C12H17N5O2S/c1-4-17-7-14-16-9(17)5-13-11-15-8(6-20-11)12(2,3)10(18)19/h6-7H,4-5H2,1-3H3,(H,13,15)(H,18,19). The van der Waals surface area contributed by atoms with Crippen molar-refractivity contribution >= 4 is 22.4 Å². The van der Waals surface area contributed by atoms with E-state index >= 15 is 0 Å². The smallest absolute Gasteiger partial charge is 0.315 e. The lowest BCUT2D eigenvalue weighted by atomic mass is 9.90. The molecule has 0 fully saturated rings. The van der Waals surface area contributed by atoms with Crippen LogP contribution in [0.5, 0.6) is 0 Å². The van der Waals surface area contributed by atoms with Crippen molar-refractivity contribution in [3.63, 3.8) is 0 Å². The summed E-state index contributed by atoms with van der Waals surface area (Å²) in [4.78, 5) is 15.5. The maximum Gasteiger partial charge on any atom is 0.315 e. The highest BCUT2D eigenvalue weighted by molar-refractivity contribution is 7.13. The van der Waals surface area contributed by atoms with Crippen LogP contribution in [0.2, 0.25) is 0 Å². The Balaban J connectivity index is 2.05. The van der Waals surface area contributed by atoms with E-state index in [2.05, 4.69) is 20.5 Å². The molecule has 0 amide bonds. The predicted molar refractivity (Wildman–Crippen MR) is 75.8 cm³/mol. The largest absolute Gasteiger partial charge is 0.481 e. The van der Waals surface area contributed by atoms with Gasteiger partial charge in [-0.1, -0.05) is 0 Å². The molecule has 108 valence electrons. The molecule has 0 aliphatic heterocycles. The van der Waals surface area contributed by atoms with Crippen molar-refractivity contribution in [1.29, 1.82) is 0 Å². The highest BCUT2D eigenvalue weighted by atomic mass is 32.1. The van der Waals surface area contributed by atoms with Gasteiger partial charge in [-0.15, -0.1) is 21.5 Å². The molecule has 0 atom stereocenters. The van der Waals surface area contributed by atoms with Crippen molar-refractivity contribution in [3.05, 3.63) is 23.2 Å². The van der Waals surface area contributed by atoms with E-state index in [0.29, 0.717) is 17.4 Å². The van der Waals surface area contributed by atoms with Gasteiger partial charge in [-0.05, 0) is 20.8 Å². The summed E-state index contributed by atoms with van der Waals surface area (Å²) in [5, 5.41) is 22.6. The number of aryl methyl sites for hydroxylation is 1. The number of aromatic nitrogens is 4. The van der Waals surface area contributed by atoms with Crippen molar-refractivity contribution in [1.82, 2.24) is 19.7 Å². The second-order valence-electron chi connectivity index (χ2n) is 4.85. The first-order valence-electron chi connectivity index (χ1n) is 6.25. The van der Waals surface area contributed by atoms with Gasteiger partial charge in [-0.2, -0.15) is 0 Å². The van der Waals surface area contributed by atoms with E-state index in [1.165, 1.54) is 11.3 Å². The van der Waals surface area contributed by atoms with Gasteiger partial charge in [0.05, 0.1) is 12.2 Å². The van der Waals surface area contributed by atoms with Crippen LogP contribution in [0.15, 0.2) is 11.7 Å². The summed E-state index contributed by atoms with van der Waals surface area (Å²) < 4.78 is 1.93. The van der Waals surface area contributed by atoms with Crippen LogP contribution >= 0.6 is 11.3 Å². The minimum Gasteiger partial charge on any atom is -0.481 e. The average Bonchev–Trinajstić information content (AvgIpc) is 3.05. The minimum absolute atomic E-state index is 0.508. The van der Waals surface area contributed by atoms with E-state index in [1.807, 2.05) is 11.5 Å². The number of carbonyl (C=O) groups is 1. The summed E-state index contributed by atoms with van der Waals surface area (Å²) in [5.41, 5.74) is -0.436. The van der Waals surface area contributed by atoms with Crippen molar-refractivity contribution in [2.45, 2.75) is 39.3 Å². The lowest BCUT2D eigenvalue weighted by Gasteiger charge is -2.15. The molecule has 0 saturated carbocycles. The van der Waals surface area contributed by atoms with E-state index in [4.69, 9.17) is 0 Å². The number of nitrogens with one attached hydrogen (secondary N) is 1. The highest BCUT2D eigenvalue weighted by Crippen LogP contribution is 2.27. The van der Waals surface area contributed by atoms with Crippen molar-refractivity contribution in [3.8, 4) is 0 Å². The Morgan fingerprint density at radius 1 is 1.55 bits per heavy atom. The van der Waals surface area contributed by atoms with Crippen LogP contribution in [0.3, 0.4) is 0 Å². The maximum absolute atomic E-state index is 11.2. The van der Waals surface area contributed by atoms with Gasteiger partial charge in [0.2, 0.25) is 0 Å². The molecule has 20 heavy (non-hydrogen) atoms. The Bertz CT molecular complexity index is 605. The highest BCUT2D eigenvalue weighted by Gasteiger charge is 2.32. The number of thiazole rings is 1. The average molecular weight is 295 g/mol. The Morgan fingerprint density at radius 3 is 2.95 bits per heavy atom. The van der Waals surface area contributed by atoms with Gasteiger partial charge in [-0.3, -0.25) is 4.79 Å². The maximum atomic E-state index is 11.2. The van der Waals surface area contributed by atoms with Crippen molar-refractivity contribution < 1.29 is 9.90 Å². The number of aliphatic carboxylic acids is 1. The van der Waals surface area contributed by atoms with E-state index in [9.17, 15) is 9.90 Å². The number of hydrogen-bond donors (Lipinski definition) is 2. The van der Waals surface area contributed by atoms with Crippen LogP contribution in [0.1, 0.15) is 32.3 Å². The van der Waals surface area contributed by atoms with Gasteiger partial charge in [0.15, 0.2) is 11.0 Å². The second kappa shape index (κ2) is 5.58. The third kappa shape index (κ3) is 2.79. The van der Waals surface area contributed by atoms with Gasteiger partial charge in [0.25, 0.3) is 0 Å². The molecule has 0 spiro atoms. The molecule has 7 nitrogen and oxygen atoms in total. The van der Waals surface area contributed by atoms with Crippen molar-refractivity contribution in [2.24, 2.45) is 0 Å². The number of hydrogen-bond acceptors (Lipinski definition) is 6. The van der Waals surface area contributed by atoms with Crippen LogP contribution in [-0.4, -0.2) is 30.8 Å². The normalized spacial score (nSPS) is 11.6. The fraction of sp³-hybridized carbons (Fsp3) is 0.500. The molecule has 2 heterocycles. The molecule has 0 radical (unpaired) electrons. The summed E-state index contributed by atoms with van der Waals surface area (Å²) in [6.45, 7) is 6.61. The molecule has 2 aromatic rings. The van der Waals surface area contributed by atoms with Gasteiger partial charge < -0.3 is 15.0 Å². The number of carboxylic acids is 1. The molecule has 2 N–H and O–H groups in total. The molecule has 0 bridgehead atoms. The Morgan fingerprint density at radius 2 is 2.30 bits per heavy atom. The second-order valence-corrected chi connectivity index (χ2v) is 5.71. The predicted octanol–water partition coefficient (Wildman–Crippen LogP) is 1.73. The molecule has 0 aliphatic carbocycles. The van der Waals surface area contributed by atoms with Crippen LogP contribution in [-0.2, 0) is 23.3 Å². The fourth-order valence-corrected chi connectivity index (χ4v) is 2.46. The number of rotatable bonds is 6. The minimum atomic E-state index is -0.986. The molecular formula is C12H17N5O2S. The van der Waals surface area contributed by atoms with E-state index in [0.717, 1.165) is 12.4 Å². The monoisotopic (exact) mass is 295 g/mol. The molecular weight excluding hydrogens is 278 g/mol. The molecule has 0 saturated heterocycles. The van der Waals surface area contributed by atoms with E-state index in [1.54, 1.807) is 25.6 Å². The van der Waals surface area contributed by atoms with Crippen molar-refractivity contribution in [2.75, 3.05) is 5.32 Å². The Hall–Kier alpha value is -1.96. The van der Waals surface area contributed by atoms with Gasteiger partial charge in [0.1, 0.15) is 11.7 Å². The summed E-state index contributed by atoms with van der Waals surface area (Å²) in [6, 6.07) is 0. The summed E-state index contributed by atoms with van der Waals surface area (Å²) in [7, 11) is 0. The lowest BCUT2D eigenvalue weighted by molar-refractivity contribution is -0.142. The number of carboxylic acid groups (broad SMARTS) is 1. The zero-order valence-electron chi connectivity index (χ0n) is 11.6. The zero-order valence-corrected chi connectivity index (χ0v) is 12.4. The third-order valence-electron chi connectivity index (χ3n) is 3.11. The van der Waals surface area contributed by atoms with E-state index in [-0.39, 0.29) is 0 Å². The van der Waals surface area contributed by atoms with Crippen LogP contribution in [0, 0.1) is 0 Å². The van der Waals surface area contributed by atoms with Gasteiger partial charge in [-0.25, -0.2) is 4.98 Å². The topological polar surface area (TPSA) is 92.9 Å². The summed E-state index contributed by atoms with van der Waals surface area (Å²) in [5.74, 6) is -0.0678. The van der Waals surface area contributed by atoms with Gasteiger partial charge >= 0.3 is 5.97 Å². The van der Waals surface area contributed by atoms with E-state index < -0.39 is 11.4 Å². The quantitative estimate of drug-likeness (QED) is 0.843.